The van der Waals surface area contributed by atoms with Crippen molar-refractivity contribution < 1.29 is 14.4 Å². The summed E-state index contributed by atoms with van der Waals surface area (Å²) in [6.07, 6.45) is 1.00. The van der Waals surface area contributed by atoms with E-state index in [0.717, 1.165) is 6.42 Å². The maximum atomic E-state index is 12.3. The maximum Gasteiger partial charge on any atom is 0.322 e. The number of rotatable bonds is 2. The number of urea groups is 1. The topological polar surface area (TPSA) is 81.8 Å². The molecular formula is C14H22N4O3. The molecule has 7 heteroatoms. The largest absolute Gasteiger partial charge is 0.340 e. The molecule has 2 unspecified atom stereocenters. The maximum absolute atomic E-state index is 12.3. The Hall–Kier alpha value is -1.63. The van der Waals surface area contributed by atoms with Gasteiger partial charge in [0.25, 0.3) is 0 Å². The molecule has 2 aliphatic heterocycles. The van der Waals surface area contributed by atoms with E-state index in [1.807, 2.05) is 4.90 Å². The molecule has 116 valence electrons. The average Bonchev–Trinajstić information content (AvgIpc) is 3.06. The van der Waals surface area contributed by atoms with Crippen molar-refractivity contribution >= 4 is 17.8 Å². The number of nitrogens with zero attached hydrogens (tertiary/aromatic N) is 2. The van der Waals surface area contributed by atoms with Gasteiger partial charge in [0, 0.05) is 32.1 Å². The second-order valence-corrected chi connectivity index (χ2v) is 6.85. The lowest BCUT2D eigenvalue weighted by atomic mass is 10.1. The van der Waals surface area contributed by atoms with E-state index >= 15 is 0 Å². The van der Waals surface area contributed by atoms with E-state index in [9.17, 15) is 14.4 Å². The molecule has 2 N–H and O–H groups in total. The molecule has 2 atom stereocenters. The molecule has 2 saturated heterocycles. The Kier molecular flexibility index (Phi) is 3.39. The van der Waals surface area contributed by atoms with Gasteiger partial charge in [-0.1, -0.05) is 13.8 Å². The van der Waals surface area contributed by atoms with Gasteiger partial charge in [0.1, 0.15) is 0 Å². The zero-order chi connectivity index (χ0) is 15.2. The molecule has 0 aromatic carbocycles. The summed E-state index contributed by atoms with van der Waals surface area (Å²) in [4.78, 5) is 39.1. The van der Waals surface area contributed by atoms with E-state index < -0.39 is 6.03 Å². The first-order valence-corrected chi connectivity index (χ1v) is 7.50. The first kappa shape index (κ1) is 14.3. The van der Waals surface area contributed by atoms with Gasteiger partial charge in [-0.05, 0) is 11.8 Å². The number of hydrogen-bond acceptors (Lipinski definition) is 4. The average molecular weight is 294 g/mol. The quantitative estimate of drug-likeness (QED) is 0.735. The van der Waals surface area contributed by atoms with Gasteiger partial charge >= 0.3 is 6.03 Å². The van der Waals surface area contributed by atoms with Crippen molar-refractivity contribution in [1.29, 1.82) is 0 Å². The molecule has 0 aromatic heterocycles. The van der Waals surface area contributed by atoms with Crippen LogP contribution in [0.15, 0.2) is 0 Å². The molecular weight excluding hydrogens is 272 g/mol. The molecule has 0 spiro atoms. The van der Waals surface area contributed by atoms with Gasteiger partial charge in [-0.2, -0.15) is 0 Å². The minimum absolute atomic E-state index is 0.156. The second kappa shape index (κ2) is 4.98. The summed E-state index contributed by atoms with van der Waals surface area (Å²) >= 11 is 0. The first-order chi connectivity index (χ1) is 9.87. The van der Waals surface area contributed by atoms with Gasteiger partial charge < -0.3 is 10.2 Å². The number of amides is 4. The van der Waals surface area contributed by atoms with Crippen molar-refractivity contribution in [2.75, 3.05) is 26.2 Å². The molecule has 4 amide bonds. The predicted molar refractivity (Wildman–Crippen MR) is 75.1 cm³/mol. The fraction of sp³-hybridized carbons (Fsp3) is 0.786. The summed E-state index contributed by atoms with van der Waals surface area (Å²) in [5, 5.41) is 4.99. The molecule has 0 bridgehead atoms. The van der Waals surface area contributed by atoms with Crippen LogP contribution in [-0.4, -0.2) is 60.0 Å². The molecule has 2 heterocycles. The first-order valence-electron chi connectivity index (χ1n) is 7.50. The van der Waals surface area contributed by atoms with Gasteiger partial charge in [-0.15, -0.1) is 0 Å². The molecule has 3 aliphatic rings. The SMILES string of the molecule is CC1(C)CC1C(=O)N1CCN(C2CC(=O)NC(=O)N2)CC1. The van der Waals surface area contributed by atoms with Crippen LogP contribution in [0.5, 0.6) is 0 Å². The smallest absolute Gasteiger partial charge is 0.322 e. The van der Waals surface area contributed by atoms with E-state index in [2.05, 4.69) is 29.4 Å². The zero-order valence-corrected chi connectivity index (χ0v) is 12.5. The normalized spacial score (nSPS) is 32.4. The van der Waals surface area contributed by atoms with Crippen LogP contribution in [0.2, 0.25) is 0 Å². The van der Waals surface area contributed by atoms with Crippen molar-refractivity contribution in [1.82, 2.24) is 20.4 Å². The van der Waals surface area contributed by atoms with Crippen LogP contribution in [0.4, 0.5) is 4.79 Å². The highest BCUT2D eigenvalue weighted by atomic mass is 16.2. The van der Waals surface area contributed by atoms with Crippen LogP contribution >= 0.6 is 0 Å². The van der Waals surface area contributed by atoms with Gasteiger partial charge in [0.2, 0.25) is 11.8 Å². The van der Waals surface area contributed by atoms with Gasteiger partial charge in [-0.3, -0.25) is 19.8 Å². The minimum Gasteiger partial charge on any atom is -0.340 e. The number of carbonyl (C=O) groups excluding carboxylic acids is 3. The predicted octanol–water partition coefficient (Wildman–Crippen LogP) is -0.268. The van der Waals surface area contributed by atoms with Crippen LogP contribution < -0.4 is 10.6 Å². The van der Waals surface area contributed by atoms with E-state index in [0.29, 0.717) is 26.2 Å². The van der Waals surface area contributed by atoms with Crippen LogP contribution in [0.1, 0.15) is 26.7 Å². The van der Waals surface area contributed by atoms with E-state index in [-0.39, 0.29) is 35.7 Å². The van der Waals surface area contributed by atoms with Crippen LogP contribution in [-0.2, 0) is 9.59 Å². The molecule has 3 rings (SSSR count). The van der Waals surface area contributed by atoms with Crippen molar-refractivity contribution in [2.24, 2.45) is 11.3 Å². The van der Waals surface area contributed by atoms with Crippen LogP contribution in [0.25, 0.3) is 0 Å². The Morgan fingerprint density at radius 3 is 2.33 bits per heavy atom. The molecule has 7 nitrogen and oxygen atoms in total. The summed E-state index contributed by atoms with van der Waals surface area (Å²) < 4.78 is 0. The minimum atomic E-state index is -0.436. The molecule has 3 fully saturated rings. The summed E-state index contributed by atoms with van der Waals surface area (Å²) in [5.74, 6) is 0.177. The van der Waals surface area contributed by atoms with Crippen LogP contribution in [0.3, 0.4) is 0 Å². The summed E-state index contributed by atoms with van der Waals surface area (Å²) in [5.41, 5.74) is 0.156. The highest BCUT2D eigenvalue weighted by molar-refractivity contribution is 5.97. The highest BCUT2D eigenvalue weighted by Gasteiger charge is 2.52. The van der Waals surface area contributed by atoms with Gasteiger partial charge in [-0.25, -0.2) is 4.79 Å². The summed E-state index contributed by atoms with van der Waals surface area (Å²) in [6.45, 7) is 6.97. The Balaban J connectivity index is 1.52. The van der Waals surface area contributed by atoms with Gasteiger partial charge in [0.15, 0.2) is 0 Å². The van der Waals surface area contributed by atoms with Crippen molar-refractivity contribution in [3.8, 4) is 0 Å². The number of nitrogens with one attached hydrogen (secondary N) is 2. The van der Waals surface area contributed by atoms with Crippen molar-refractivity contribution in [3.63, 3.8) is 0 Å². The third-order valence-electron chi connectivity index (χ3n) is 4.81. The Morgan fingerprint density at radius 1 is 1.19 bits per heavy atom. The number of piperazine rings is 1. The van der Waals surface area contributed by atoms with E-state index in [1.54, 1.807) is 0 Å². The zero-order valence-electron chi connectivity index (χ0n) is 12.5. The third kappa shape index (κ3) is 2.88. The Bertz CT molecular complexity index is 467. The van der Waals surface area contributed by atoms with Gasteiger partial charge in [0.05, 0.1) is 12.6 Å². The molecule has 21 heavy (non-hydrogen) atoms. The van der Waals surface area contributed by atoms with E-state index in [4.69, 9.17) is 0 Å². The lowest BCUT2D eigenvalue weighted by Crippen LogP contribution is -2.62. The van der Waals surface area contributed by atoms with E-state index in [1.165, 1.54) is 0 Å². The number of carbonyl (C=O) groups is 3. The van der Waals surface area contributed by atoms with Crippen LogP contribution in [0, 0.1) is 11.3 Å². The molecule has 1 saturated carbocycles. The summed E-state index contributed by atoms with van der Waals surface area (Å²) in [7, 11) is 0. The third-order valence-corrected chi connectivity index (χ3v) is 4.81. The number of imide groups is 1. The monoisotopic (exact) mass is 294 g/mol. The molecule has 1 aliphatic carbocycles. The second-order valence-electron chi connectivity index (χ2n) is 6.85. The van der Waals surface area contributed by atoms with Crippen molar-refractivity contribution in [2.45, 2.75) is 32.9 Å². The fourth-order valence-corrected chi connectivity index (χ4v) is 3.18. The molecule has 0 aromatic rings. The summed E-state index contributed by atoms with van der Waals surface area (Å²) in [6, 6.07) is -0.436. The Labute approximate surface area is 124 Å². The molecule has 0 radical (unpaired) electrons. The van der Waals surface area contributed by atoms with Crippen molar-refractivity contribution in [3.05, 3.63) is 0 Å². The number of hydrogen-bond donors (Lipinski definition) is 2. The highest BCUT2D eigenvalue weighted by Crippen LogP contribution is 2.52. The Morgan fingerprint density at radius 2 is 1.81 bits per heavy atom. The standard InChI is InChI=1S/C14H22N4O3/c1-14(2)8-9(14)12(20)18-5-3-17(4-6-18)10-7-11(19)16-13(21)15-10/h9-10H,3-8H2,1-2H3,(H2,15,16,19,21). The lowest BCUT2D eigenvalue weighted by Gasteiger charge is -2.40. The lowest BCUT2D eigenvalue weighted by molar-refractivity contribution is -0.136. The fourth-order valence-electron chi connectivity index (χ4n) is 3.18.